The zero-order valence-corrected chi connectivity index (χ0v) is 13.7. The van der Waals surface area contributed by atoms with Gasteiger partial charge in [0.15, 0.2) is 0 Å². The molecule has 0 bridgehead atoms. The lowest BCUT2D eigenvalue weighted by molar-refractivity contribution is -0.119. The Morgan fingerprint density at radius 2 is 2.29 bits per heavy atom. The Balaban J connectivity index is 1.90. The minimum atomic E-state index is -0.197. The summed E-state index contributed by atoms with van der Waals surface area (Å²) in [7, 11) is 0. The molecule has 8 nitrogen and oxygen atoms in total. The Bertz CT molecular complexity index is 744. The van der Waals surface area contributed by atoms with Crippen molar-refractivity contribution in [1.29, 1.82) is 0 Å². The van der Waals surface area contributed by atoms with Crippen molar-refractivity contribution in [1.82, 2.24) is 25.3 Å². The molecule has 1 saturated heterocycles. The quantitative estimate of drug-likeness (QED) is 0.909. The van der Waals surface area contributed by atoms with E-state index in [0.29, 0.717) is 18.9 Å². The summed E-state index contributed by atoms with van der Waals surface area (Å²) in [5.74, 6) is 0.533. The molecule has 0 unspecified atom stereocenters. The molecule has 1 N–H and O–H groups in total. The third kappa shape index (κ3) is 3.27. The fourth-order valence-corrected chi connectivity index (χ4v) is 2.92. The summed E-state index contributed by atoms with van der Waals surface area (Å²) in [5, 5.41) is 6.36. The van der Waals surface area contributed by atoms with Crippen molar-refractivity contribution in [2.45, 2.75) is 39.3 Å². The van der Waals surface area contributed by atoms with Crippen LogP contribution < -0.4 is 5.32 Å². The van der Waals surface area contributed by atoms with Gasteiger partial charge in [0.1, 0.15) is 5.82 Å². The van der Waals surface area contributed by atoms with Crippen LogP contribution in [-0.2, 0) is 11.3 Å². The topological polar surface area (TPSA) is 101 Å². The number of likely N-dealkylation sites (tertiary alicyclic amines) is 1. The van der Waals surface area contributed by atoms with Crippen LogP contribution in [0.25, 0.3) is 0 Å². The van der Waals surface area contributed by atoms with Crippen molar-refractivity contribution < 1.29 is 14.1 Å². The second kappa shape index (κ2) is 6.77. The van der Waals surface area contributed by atoms with Crippen molar-refractivity contribution in [2.75, 3.05) is 6.54 Å². The second-order valence-electron chi connectivity index (χ2n) is 5.77. The summed E-state index contributed by atoms with van der Waals surface area (Å²) < 4.78 is 4.99. The van der Waals surface area contributed by atoms with Crippen LogP contribution >= 0.6 is 0 Å². The van der Waals surface area contributed by atoms with Gasteiger partial charge < -0.3 is 14.7 Å². The third-order valence-electron chi connectivity index (χ3n) is 4.02. The number of rotatable bonds is 4. The van der Waals surface area contributed by atoms with E-state index >= 15 is 0 Å². The van der Waals surface area contributed by atoms with Gasteiger partial charge in [-0.2, -0.15) is 0 Å². The molecule has 8 heteroatoms. The van der Waals surface area contributed by atoms with Crippen LogP contribution in [0.15, 0.2) is 23.0 Å². The van der Waals surface area contributed by atoms with Crippen molar-refractivity contribution in [3.63, 3.8) is 0 Å². The van der Waals surface area contributed by atoms with Crippen LogP contribution in [0, 0.1) is 6.92 Å². The van der Waals surface area contributed by atoms with Gasteiger partial charge in [0.25, 0.3) is 5.91 Å². The molecule has 1 aliphatic rings. The largest absolute Gasteiger partial charge is 0.352 e. The molecule has 0 spiro atoms. The monoisotopic (exact) mass is 329 g/mol. The highest BCUT2D eigenvalue weighted by atomic mass is 16.5. The molecule has 24 heavy (non-hydrogen) atoms. The molecule has 3 heterocycles. The predicted octanol–water partition coefficient (Wildman–Crippen LogP) is 1.39. The molecule has 1 aliphatic heterocycles. The van der Waals surface area contributed by atoms with E-state index in [9.17, 15) is 9.59 Å². The molecule has 3 rings (SSSR count). The number of aromatic nitrogens is 3. The highest BCUT2D eigenvalue weighted by Gasteiger charge is 2.34. The molecular weight excluding hydrogens is 310 g/mol. The number of carbonyl (C=O) groups excluding carboxylic acids is 2. The highest BCUT2D eigenvalue weighted by molar-refractivity contribution is 5.91. The summed E-state index contributed by atoms with van der Waals surface area (Å²) in [6, 6.07) is 1.40. The first kappa shape index (κ1) is 16.1. The minimum absolute atomic E-state index is 0.123. The van der Waals surface area contributed by atoms with Crippen molar-refractivity contribution in [3.8, 4) is 0 Å². The molecular formula is C16H19N5O3. The molecule has 0 aromatic carbocycles. The smallest absolute Gasteiger partial charge is 0.293 e. The molecule has 2 aromatic heterocycles. The summed E-state index contributed by atoms with van der Waals surface area (Å²) in [4.78, 5) is 34.4. The van der Waals surface area contributed by atoms with Crippen molar-refractivity contribution in [3.05, 3.63) is 41.3 Å². The fraction of sp³-hybridized carbons (Fsp3) is 0.438. The van der Waals surface area contributed by atoms with Crippen LogP contribution in [-0.4, -0.2) is 38.4 Å². The van der Waals surface area contributed by atoms with Crippen molar-refractivity contribution >= 4 is 11.8 Å². The summed E-state index contributed by atoms with van der Waals surface area (Å²) in [6.07, 6.45) is 4.86. The molecule has 1 fully saturated rings. The molecule has 0 radical (unpaired) electrons. The van der Waals surface area contributed by atoms with Crippen LogP contribution in [0.3, 0.4) is 0 Å². The van der Waals surface area contributed by atoms with Crippen LogP contribution in [0.5, 0.6) is 0 Å². The Morgan fingerprint density at radius 1 is 1.46 bits per heavy atom. The number of hydrogen-bond donors (Lipinski definition) is 1. The van der Waals surface area contributed by atoms with E-state index in [2.05, 4.69) is 20.4 Å². The van der Waals surface area contributed by atoms with E-state index in [4.69, 9.17) is 4.52 Å². The van der Waals surface area contributed by atoms with E-state index in [1.54, 1.807) is 17.2 Å². The van der Waals surface area contributed by atoms with Gasteiger partial charge in [0.05, 0.1) is 17.9 Å². The van der Waals surface area contributed by atoms with E-state index in [0.717, 1.165) is 24.1 Å². The summed E-state index contributed by atoms with van der Waals surface area (Å²) in [6.45, 7) is 4.24. The Morgan fingerprint density at radius 3 is 3.00 bits per heavy atom. The highest BCUT2D eigenvalue weighted by Crippen LogP contribution is 2.33. The molecule has 0 saturated carbocycles. The van der Waals surface area contributed by atoms with Gasteiger partial charge in [-0.1, -0.05) is 5.16 Å². The molecule has 0 aliphatic carbocycles. The first-order valence-electron chi connectivity index (χ1n) is 7.84. The lowest BCUT2D eigenvalue weighted by Gasteiger charge is -2.25. The van der Waals surface area contributed by atoms with Gasteiger partial charge in [-0.3, -0.25) is 9.59 Å². The average molecular weight is 329 g/mol. The lowest BCUT2D eigenvalue weighted by Crippen LogP contribution is -2.32. The van der Waals surface area contributed by atoms with Gasteiger partial charge in [-0.25, -0.2) is 9.97 Å². The maximum absolute atomic E-state index is 12.6. The number of nitrogens with zero attached hydrogens (tertiary/aromatic N) is 4. The van der Waals surface area contributed by atoms with Crippen LogP contribution in [0.2, 0.25) is 0 Å². The molecule has 2 amide bonds. The number of amides is 2. The van der Waals surface area contributed by atoms with Gasteiger partial charge in [-0.05, 0) is 19.8 Å². The minimum Gasteiger partial charge on any atom is -0.352 e. The Kier molecular flexibility index (Phi) is 4.54. The normalized spacial score (nSPS) is 17.1. The maximum atomic E-state index is 12.6. The van der Waals surface area contributed by atoms with Gasteiger partial charge in [-0.15, -0.1) is 0 Å². The van der Waals surface area contributed by atoms with Crippen LogP contribution in [0.1, 0.15) is 53.4 Å². The van der Waals surface area contributed by atoms with E-state index in [1.165, 1.54) is 13.1 Å². The summed E-state index contributed by atoms with van der Waals surface area (Å²) in [5.41, 5.74) is 1.60. The molecule has 2 aromatic rings. The van der Waals surface area contributed by atoms with Gasteiger partial charge >= 0.3 is 0 Å². The van der Waals surface area contributed by atoms with Gasteiger partial charge in [0, 0.05) is 37.8 Å². The fourth-order valence-electron chi connectivity index (χ4n) is 2.92. The van der Waals surface area contributed by atoms with Gasteiger partial charge in [0.2, 0.25) is 11.7 Å². The zero-order chi connectivity index (χ0) is 17.1. The Labute approximate surface area is 139 Å². The van der Waals surface area contributed by atoms with Crippen molar-refractivity contribution in [2.24, 2.45) is 0 Å². The molecule has 1 atom stereocenters. The zero-order valence-electron chi connectivity index (χ0n) is 13.7. The Hall–Kier alpha value is -2.77. The summed E-state index contributed by atoms with van der Waals surface area (Å²) >= 11 is 0. The SMILES string of the molecule is CC(=O)NCc1cnc(C)nc1[C@H]1CCCN1C(=O)c1ccno1. The maximum Gasteiger partial charge on any atom is 0.293 e. The number of aryl methyl sites for hydroxylation is 1. The predicted molar refractivity (Wildman–Crippen MR) is 83.8 cm³/mol. The third-order valence-corrected chi connectivity index (χ3v) is 4.02. The average Bonchev–Trinajstić information content (AvgIpc) is 3.24. The molecule has 126 valence electrons. The number of nitrogens with one attached hydrogen (secondary N) is 1. The van der Waals surface area contributed by atoms with Crippen LogP contribution in [0.4, 0.5) is 0 Å². The first-order valence-corrected chi connectivity index (χ1v) is 7.84. The number of carbonyl (C=O) groups is 2. The first-order chi connectivity index (χ1) is 11.6. The standard InChI is InChI=1S/C16H19N5O3/c1-10-17-8-12(9-18-11(2)22)15(20-10)13-4-3-7-21(13)16(23)14-5-6-19-24-14/h5-6,8,13H,3-4,7,9H2,1-2H3,(H,18,22)/t13-/m1/s1. The van der Waals surface area contributed by atoms with E-state index in [-0.39, 0.29) is 23.6 Å². The second-order valence-corrected chi connectivity index (χ2v) is 5.77. The lowest BCUT2D eigenvalue weighted by atomic mass is 10.1. The van der Waals surface area contributed by atoms with E-state index in [1.807, 2.05) is 6.92 Å². The number of hydrogen-bond acceptors (Lipinski definition) is 6. The van der Waals surface area contributed by atoms with E-state index < -0.39 is 0 Å².